The molecule has 0 aliphatic carbocycles. The lowest BCUT2D eigenvalue weighted by Gasteiger charge is -2.00. The molecule has 0 saturated carbocycles. The molecule has 2 aromatic rings. The summed E-state index contributed by atoms with van der Waals surface area (Å²) >= 11 is 1.40. The van der Waals surface area contributed by atoms with Crippen LogP contribution in [0.4, 0.5) is 0 Å². The second-order valence-corrected chi connectivity index (χ2v) is 4.33. The summed E-state index contributed by atoms with van der Waals surface area (Å²) in [4.78, 5) is 16.2. The van der Waals surface area contributed by atoms with Gasteiger partial charge in [-0.3, -0.25) is 4.79 Å². The van der Waals surface area contributed by atoms with Gasteiger partial charge in [0.25, 0.3) is 0 Å². The average molecular weight is 248 g/mol. The van der Waals surface area contributed by atoms with Gasteiger partial charge in [-0.05, 0) is 24.3 Å². The van der Waals surface area contributed by atoms with E-state index in [4.69, 9.17) is 10.5 Å². The predicted octanol–water partition coefficient (Wildman–Crippen LogP) is 1.84. The number of carbonyl (C=O) groups excluding carboxylic acids is 1. The number of ketones is 1. The maximum atomic E-state index is 12.0. The van der Waals surface area contributed by atoms with Crippen LogP contribution in [0.15, 0.2) is 29.6 Å². The Morgan fingerprint density at radius 2 is 2.12 bits per heavy atom. The molecule has 0 saturated heterocycles. The average Bonchev–Trinajstić information content (AvgIpc) is 2.87. The highest BCUT2D eigenvalue weighted by Gasteiger charge is 2.12. The van der Waals surface area contributed by atoms with Crippen molar-refractivity contribution in [2.75, 3.05) is 7.11 Å². The number of benzene rings is 1. The highest BCUT2D eigenvalue weighted by atomic mass is 32.1. The number of thiazole rings is 1. The molecule has 0 bridgehead atoms. The van der Waals surface area contributed by atoms with Crippen LogP contribution in [0.3, 0.4) is 0 Å². The summed E-state index contributed by atoms with van der Waals surface area (Å²) in [5.41, 5.74) is 6.50. The zero-order chi connectivity index (χ0) is 12.3. The standard InChI is InChI=1S/C12H12N2O2S/c1-16-9-4-2-8(3-5-9)12(15)10-7-17-11(6-13)14-10/h2-5,7H,6,13H2,1H3. The Morgan fingerprint density at radius 1 is 1.41 bits per heavy atom. The van der Waals surface area contributed by atoms with Gasteiger partial charge in [-0.15, -0.1) is 11.3 Å². The fourth-order valence-corrected chi connectivity index (χ4v) is 2.05. The smallest absolute Gasteiger partial charge is 0.212 e. The minimum absolute atomic E-state index is 0.0939. The van der Waals surface area contributed by atoms with E-state index in [1.54, 1.807) is 36.8 Å². The number of hydrogen-bond donors (Lipinski definition) is 1. The molecule has 0 fully saturated rings. The van der Waals surface area contributed by atoms with Crippen molar-refractivity contribution in [1.29, 1.82) is 0 Å². The van der Waals surface area contributed by atoms with Gasteiger partial charge in [0.15, 0.2) is 0 Å². The first-order valence-corrected chi connectivity index (χ1v) is 5.96. The van der Waals surface area contributed by atoms with Gasteiger partial charge in [-0.25, -0.2) is 4.98 Å². The van der Waals surface area contributed by atoms with E-state index in [0.29, 0.717) is 17.8 Å². The molecule has 2 N–H and O–H groups in total. The summed E-state index contributed by atoms with van der Waals surface area (Å²) in [5, 5.41) is 2.50. The van der Waals surface area contributed by atoms with Crippen LogP contribution in [0.25, 0.3) is 0 Å². The maximum absolute atomic E-state index is 12.0. The molecular weight excluding hydrogens is 236 g/mol. The van der Waals surface area contributed by atoms with Gasteiger partial charge in [0.2, 0.25) is 5.78 Å². The third-order valence-electron chi connectivity index (χ3n) is 2.31. The van der Waals surface area contributed by atoms with Gasteiger partial charge < -0.3 is 10.5 Å². The molecule has 5 heteroatoms. The Hall–Kier alpha value is -1.72. The molecule has 0 unspecified atom stereocenters. The van der Waals surface area contributed by atoms with Crippen LogP contribution in [-0.2, 0) is 6.54 Å². The normalized spacial score (nSPS) is 10.2. The quantitative estimate of drug-likeness (QED) is 0.838. The summed E-state index contributed by atoms with van der Waals surface area (Å²) < 4.78 is 5.03. The van der Waals surface area contributed by atoms with Crippen molar-refractivity contribution in [2.45, 2.75) is 6.54 Å². The minimum Gasteiger partial charge on any atom is -0.497 e. The van der Waals surface area contributed by atoms with Crippen molar-refractivity contribution in [1.82, 2.24) is 4.98 Å². The lowest BCUT2D eigenvalue weighted by molar-refractivity contribution is 0.103. The molecule has 0 spiro atoms. The van der Waals surface area contributed by atoms with E-state index < -0.39 is 0 Å². The van der Waals surface area contributed by atoms with Gasteiger partial charge in [0.1, 0.15) is 16.5 Å². The van der Waals surface area contributed by atoms with E-state index in [-0.39, 0.29) is 5.78 Å². The van der Waals surface area contributed by atoms with Crippen molar-refractivity contribution >= 4 is 17.1 Å². The summed E-state index contributed by atoms with van der Waals surface area (Å²) in [7, 11) is 1.59. The highest BCUT2D eigenvalue weighted by Crippen LogP contribution is 2.16. The monoisotopic (exact) mass is 248 g/mol. The molecule has 0 aliphatic heterocycles. The summed E-state index contributed by atoms with van der Waals surface area (Å²) in [5.74, 6) is 0.631. The second kappa shape index (κ2) is 5.07. The number of rotatable bonds is 4. The minimum atomic E-state index is -0.0939. The van der Waals surface area contributed by atoms with Crippen LogP contribution in [0.2, 0.25) is 0 Å². The zero-order valence-corrected chi connectivity index (χ0v) is 10.2. The van der Waals surface area contributed by atoms with Crippen molar-refractivity contribution in [2.24, 2.45) is 5.73 Å². The number of nitrogens with two attached hydrogens (primary N) is 1. The van der Waals surface area contributed by atoms with Gasteiger partial charge >= 0.3 is 0 Å². The van der Waals surface area contributed by atoms with Gasteiger partial charge in [-0.1, -0.05) is 0 Å². The first-order valence-electron chi connectivity index (χ1n) is 5.08. The van der Waals surface area contributed by atoms with Crippen molar-refractivity contribution < 1.29 is 9.53 Å². The Kier molecular flexibility index (Phi) is 3.51. The van der Waals surface area contributed by atoms with E-state index >= 15 is 0 Å². The molecule has 0 radical (unpaired) electrons. The fourth-order valence-electron chi connectivity index (χ4n) is 1.40. The fraction of sp³-hybridized carbons (Fsp3) is 0.167. The SMILES string of the molecule is COc1ccc(C(=O)c2csc(CN)n2)cc1. The van der Waals surface area contributed by atoms with E-state index in [1.807, 2.05) is 0 Å². The van der Waals surface area contributed by atoms with Gasteiger partial charge in [0.05, 0.1) is 7.11 Å². The molecule has 0 aliphatic rings. The molecule has 2 rings (SSSR count). The maximum Gasteiger partial charge on any atom is 0.212 e. The van der Waals surface area contributed by atoms with E-state index in [9.17, 15) is 4.79 Å². The third-order valence-corrected chi connectivity index (χ3v) is 3.18. The third kappa shape index (κ3) is 2.51. The molecule has 0 amide bonds. The molecule has 1 aromatic carbocycles. The zero-order valence-electron chi connectivity index (χ0n) is 9.34. The predicted molar refractivity (Wildman–Crippen MR) is 66.4 cm³/mol. The lowest BCUT2D eigenvalue weighted by atomic mass is 10.1. The van der Waals surface area contributed by atoms with E-state index in [0.717, 1.165) is 10.8 Å². The molecule has 1 heterocycles. The topological polar surface area (TPSA) is 65.2 Å². The molecular formula is C12H12N2O2S. The highest BCUT2D eigenvalue weighted by molar-refractivity contribution is 7.09. The Labute approximate surface area is 103 Å². The van der Waals surface area contributed by atoms with Crippen LogP contribution in [0, 0.1) is 0 Å². The summed E-state index contributed by atoms with van der Waals surface area (Å²) in [6.45, 7) is 0.362. The Bertz CT molecular complexity index is 520. The summed E-state index contributed by atoms with van der Waals surface area (Å²) in [6, 6.07) is 6.96. The first-order chi connectivity index (χ1) is 8.24. The number of methoxy groups -OCH3 is 1. The second-order valence-electron chi connectivity index (χ2n) is 3.39. The van der Waals surface area contributed by atoms with Crippen LogP contribution in [0.5, 0.6) is 5.75 Å². The van der Waals surface area contributed by atoms with E-state index in [2.05, 4.69) is 4.98 Å². The first kappa shape index (κ1) is 11.8. The van der Waals surface area contributed by atoms with Crippen LogP contribution >= 0.6 is 11.3 Å². The Balaban J connectivity index is 2.23. The molecule has 88 valence electrons. The Morgan fingerprint density at radius 3 is 2.65 bits per heavy atom. The van der Waals surface area contributed by atoms with Crippen LogP contribution in [0.1, 0.15) is 21.1 Å². The largest absolute Gasteiger partial charge is 0.497 e. The summed E-state index contributed by atoms with van der Waals surface area (Å²) in [6.07, 6.45) is 0. The number of nitrogens with zero attached hydrogens (tertiary/aromatic N) is 1. The van der Waals surface area contributed by atoms with Crippen molar-refractivity contribution in [3.8, 4) is 5.75 Å². The van der Waals surface area contributed by atoms with Crippen molar-refractivity contribution in [3.63, 3.8) is 0 Å². The van der Waals surface area contributed by atoms with Gasteiger partial charge in [-0.2, -0.15) is 0 Å². The lowest BCUT2D eigenvalue weighted by Crippen LogP contribution is -2.03. The molecule has 4 nitrogen and oxygen atoms in total. The van der Waals surface area contributed by atoms with E-state index in [1.165, 1.54) is 11.3 Å². The number of carbonyl (C=O) groups is 1. The van der Waals surface area contributed by atoms with Crippen LogP contribution < -0.4 is 10.5 Å². The van der Waals surface area contributed by atoms with Gasteiger partial charge in [0, 0.05) is 17.5 Å². The number of ether oxygens (including phenoxy) is 1. The van der Waals surface area contributed by atoms with Crippen molar-refractivity contribution in [3.05, 3.63) is 45.9 Å². The molecule has 17 heavy (non-hydrogen) atoms. The number of aromatic nitrogens is 1. The van der Waals surface area contributed by atoms with Crippen LogP contribution in [-0.4, -0.2) is 17.9 Å². The number of hydrogen-bond acceptors (Lipinski definition) is 5. The molecule has 0 atom stereocenters. The molecule has 1 aromatic heterocycles.